The number of benzene rings is 1. The van der Waals surface area contributed by atoms with E-state index in [4.69, 9.17) is 0 Å². The number of piperidine rings is 1. The van der Waals surface area contributed by atoms with Gasteiger partial charge in [0, 0.05) is 31.3 Å². The Bertz CT molecular complexity index is 1010. The second-order valence-corrected chi connectivity index (χ2v) is 10.3. The summed E-state index contributed by atoms with van der Waals surface area (Å²) in [5, 5.41) is 24.0. The molecule has 0 aliphatic carbocycles. The maximum Gasteiger partial charge on any atom is 0.227 e. The van der Waals surface area contributed by atoms with E-state index in [9.17, 15) is 23.2 Å². The van der Waals surface area contributed by atoms with Gasteiger partial charge in [0.25, 0.3) is 0 Å². The van der Waals surface area contributed by atoms with Gasteiger partial charge in [0.05, 0.1) is 34.7 Å². The summed E-state index contributed by atoms with van der Waals surface area (Å²) < 4.78 is 39.8. The van der Waals surface area contributed by atoms with E-state index in [1.54, 1.807) is 0 Å². The summed E-state index contributed by atoms with van der Waals surface area (Å²) in [6.07, 6.45) is 1.10. The lowest BCUT2D eigenvalue weighted by Crippen LogP contribution is -2.43. The van der Waals surface area contributed by atoms with E-state index >= 15 is 0 Å². The van der Waals surface area contributed by atoms with Crippen LogP contribution in [0, 0.1) is 17.6 Å². The van der Waals surface area contributed by atoms with Crippen molar-refractivity contribution in [3.8, 4) is 0 Å². The standard InChI is InChI=1S/C22H28F2N4O3S/c1-13(2)18(12-29)25-20-19-17(3-8-32(19)31)26-21(27-20)28-6-4-22(30,5-7-28)14-9-15(23)11-16(24)10-14/h9-11,13,18,29-30H,3-8,12H2,1-2H3,(H,25,26,27)/t18-,32?/m0/s1. The Labute approximate surface area is 188 Å². The molecule has 0 amide bonds. The van der Waals surface area contributed by atoms with Crippen LogP contribution < -0.4 is 10.2 Å². The van der Waals surface area contributed by atoms with Crippen molar-refractivity contribution in [1.29, 1.82) is 0 Å². The molecule has 32 heavy (non-hydrogen) atoms. The van der Waals surface area contributed by atoms with Crippen LogP contribution >= 0.6 is 0 Å². The molecule has 7 nitrogen and oxygen atoms in total. The van der Waals surface area contributed by atoms with E-state index in [1.165, 1.54) is 12.1 Å². The van der Waals surface area contributed by atoms with Crippen molar-refractivity contribution in [1.82, 2.24) is 9.97 Å². The maximum absolute atomic E-state index is 13.7. The number of rotatable bonds is 6. The summed E-state index contributed by atoms with van der Waals surface area (Å²) in [6.45, 7) is 4.66. The summed E-state index contributed by atoms with van der Waals surface area (Å²) >= 11 is 0. The third kappa shape index (κ3) is 4.49. The van der Waals surface area contributed by atoms with E-state index in [1.807, 2.05) is 18.7 Å². The highest BCUT2D eigenvalue weighted by atomic mass is 32.2. The van der Waals surface area contributed by atoms with Crippen LogP contribution in [-0.2, 0) is 22.8 Å². The number of aliphatic hydroxyl groups excluding tert-OH is 1. The fraction of sp³-hybridized carbons (Fsp3) is 0.545. The fourth-order valence-corrected chi connectivity index (χ4v) is 5.52. The minimum Gasteiger partial charge on any atom is -0.394 e. The molecule has 1 unspecified atom stereocenters. The second kappa shape index (κ2) is 8.99. The van der Waals surface area contributed by atoms with Gasteiger partial charge < -0.3 is 20.4 Å². The van der Waals surface area contributed by atoms with Crippen molar-refractivity contribution < 1.29 is 23.2 Å². The Hall–Kier alpha value is -2.17. The lowest BCUT2D eigenvalue weighted by atomic mass is 9.84. The third-order valence-electron chi connectivity index (χ3n) is 6.27. The minimum atomic E-state index is -1.33. The number of fused-ring (bicyclic) bond motifs is 1. The summed E-state index contributed by atoms with van der Waals surface area (Å²) in [4.78, 5) is 11.8. The average Bonchev–Trinajstić information content (AvgIpc) is 3.12. The van der Waals surface area contributed by atoms with Gasteiger partial charge in [0.15, 0.2) is 0 Å². The smallest absolute Gasteiger partial charge is 0.227 e. The minimum absolute atomic E-state index is 0.0840. The highest BCUT2D eigenvalue weighted by molar-refractivity contribution is 7.85. The van der Waals surface area contributed by atoms with Crippen LogP contribution in [0.4, 0.5) is 20.5 Å². The Morgan fingerprint density at radius 1 is 1.19 bits per heavy atom. The van der Waals surface area contributed by atoms with Gasteiger partial charge in [-0.3, -0.25) is 4.21 Å². The van der Waals surface area contributed by atoms with Gasteiger partial charge in [0.2, 0.25) is 5.95 Å². The molecule has 174 valence electrons. The number of halogens is 2. The van der Waals surface area contributed by atoms with Crippen molar-refractivity contribution in [2.45, 2.75) is 49.6 Å². The molecule has 2 atom stereocenters. The van der Waals surface area contributed by atoms with Crippen molar-refractivity contribution in [2.75, 3.05) is 35.7 Å². The van der Waals surface area contributed by atoms with Crippen LogP contribution in [0.25, 0.3) is 0 Å². The Balaban J connectivity index is 1.58. The average molecular weight is 467 g/mol. The molecule has 1 aromatic carbocycles. The molecule has 0 saturated carbocycles. The van der Waals surface area contributed by atoms with E-state index in [0.29, 0.717) is 41.9 Å². The first-order chi connectivity index (χ1) is 15.2. The predicted octanol–water partition coefficient (Wildman–Crippen LogP) is 2.34. The number of aromatic nitrogens is 2. The van der Waals surface area contributed by atoms with E-state index in [2.05, 4.69) is 15.3 Å². The topological polar surface area (TPSA) is 98.6 Å². The lowest BCUT2D eigenvalue weighted by molar-refractivity contribution is 0.0109. The Morgan fingerprint density at radius 2 is 1.84 bits per heavy atom. The number of aryl methyl sites for hydroxylation is 1. The molecule has 1 saturated heterocycles. The van der Waals surface area contributed by atoms with E-state index in [-0.39, 0.29) is 37.0 Å². The number of hydrogen-bond donors (Lipinski definition) is 3. The van der Waals surface area contributed by atoms with Gasteiger partial charge in [-0.05, 0) is 36.5 Å². The van der Waals surface area contributed by atoms with Gasteiger partial charge in [-0.15, -0.1) is 0 Å². The van der Waals surface area contributed by atoms with Gasteiger partial charge in [-0.2, -0.15) is 4.98 Å². The first-order valence-corrected chi connectivity index (χ1v) is 12.1. The Kier molecular flexibility index (Phi) is 6.46. The molecule has 0 bridgehead atoms. The summed E-state index contributed by atoms with van der Waals surface area (Å²) in [6, 6.07) is 2.88. The van der Waals surface area contributed by atoms with Gasteiger partial charge in [-0.1, -0.05) is 13.8 Å². The molecular weight excluding hydrogens is 438 g/mol. The molecule has 2 aliphatic rings. The molecule has 2 aliphatic heterocycles. The second-order valence-electron chi connectivity index (χ2n) is 8.80. The van der Waals surface area contributed by atoms with Crippen LogP contribution in [0.5, 0.6) is 0 Å². The SMILES string of the molecule is CC(C)[C@H](CO)Nc1nc(N2CCC(O)(c3cc(F)cc(F)c3)CC2)nc2c1S(=O)CC2. The quantitative estimate of drug-likeness (QED) is 0.601. The molecule has 0 spiro atoms. The fourth-order valence-electron chi connectivity index (χ4n) is 4.21. The van der Waals surface area contributed by atoms with Gasteiger partial charge in [-0.25, -0.2) is 13.8 Å². The van der Waals surface area contributed by atoms with Crippen molar-refractivity contribution in [3.05, 3.63) is 41.1 Å². The van der Waals surface area contributed by atoms with Crippen LogP contribution in [0.15, 0.2) is 23.1 Å². The zero-order chi connectivity index (χ0) is 23.0. The maximum atomic E-state index is 13.7. The predicted molar refractivity (Wildman–Crippen MR) is 118 cm³/mol. The third-order valence-corrected chi connectivity index (χ3v) is 7.73. The molecule has 3 N–H and O–H groups in total. The van der Waals surface area contributed by atoms with Crippen molar-refractivity contribution >= 4 is 22.6 Å². The van der Waals surface area contributed by atoms with Gasteiger partial charge >= 0.3 is 0 Å². The first-order valence-electron chi connectivity index (χ1n) is 10.8. The van der Waals surface area contributed by atoms with Crippen molar-refractivity contribution in [2.24, 2.45) is 5.92 Å². The summed E-state index contributed by atoms with van der Waals surface area (Å²) in [5.41, 5.74) is -0.382. The number of aliphatic hydroxyl groups is 2. The lowest BCUT2D eigenvalue weighted by Gasteiger charge is -2.38. The highest BCUT2D eigenvalue weighted by Crippen LogP contribution is 2.36. The highest BCUT2D eigenvalue weighted by Gasteiger charge is 2.36. The molecule has 1 aromatic heterocycles. The monoisotopic (exact) mass is 466 g/mol. The zero-order valence-corrected chi connectivity index (χ0v) is 19.0. The number of anilines is 2. The molecule has 4 rings (SSSR count). The number of nitrogens with one attached hydrogen (secondary N) is 1. The van der Waals surface area contributed by atoms with E-state index in [0.717, 1.165) is 11.8 Å². The first kappa shape index (κ1) is 23.0. The van der Waals surface area contributed by atoms with Crippen LogP contribution in [0.1, 0.15) is 37.9 Å². The largest absolute Gasteiger partial charge is 0.394 e. The molecular formula is C22H28F2N4O3S. The summed E-state index contributed by atoms with van der Waals surface area (Å²) in [5.74, 6) is 0.119. The van der Waals surface area contributed by atoms with Gasteiger partial charge in [0.1, 0.15) is 22.3 Å². The van der Waals surface area contributed by atoms with Crippen molar-refractivity contribution in [3.63, 3.8) is 0 Å². The van der Waals surface area contributed by atoms with Crippen LogP contribution in [0.3, 0.4) is 0 Å². The molecule has 3 heterocycles. The zero-order valence-electron chi connectivity index (χ0n) is 18.1. The Morgan fingerprint density at radius 3 is 2.44 bits per heavy atom. The molecule has 2 aromatic rings. The molecule has 1 fully saturated rings. The number of nitrogens with zero attached hydrogens (tertiary/aromatic N) is 3. The summed E-state index contributed by atoms with van der Waals surface area (Å²) in [7, 11) is -1.19. The molecule has 0 radical (unpaired) electrons. The van der Waals surface area contributed by atoms with E-state index < -0.39 is 28.0 Å². The normalized spacial score (nSPS) is 21.0. The van der Waals surface area contributed by atoms with Crippen LogP contribution in [0.2, 0.25) is 0 Å². The van der Waals surface area contributed by atoms with Crippen LogP contribution in [-0.4, -0.2) is 55.9 Å². The number of hydrogen-bond acceptors (Lipinski definition) is 7. The molecule has 10 heteroatoms.